The summed E-state index contributed by atoms with van der Waals surface area (Å²) < 4.78 is 4.84. The Hall–Kier alpha value is -1.82. The molecule has 0 spiro atoms. The lowest BCUT2D eigenvalue weighted by atomic mass is 9.99. The van der Waals surface area contributed by atoms with Crippen LogP contribution in [0.25, 0.3) is 0 Å². The van der Waals surface area contributed by atoms with Gasteiger partial charge in [0.25, 0.3) is 0 Å². The third-order valence-corrected chi connectivity index (χ3v) is 2.25. The number of ether oxygens (including phenoxy) is 1. The second-order valence-corrected chi connectivity index (χ2v) is 3.63. The van der Waals surface area contributed by atoms with Crippen molar-refractivity contribution in [2.45, 2.75) is 20.3 Å². The van der Waals surface area contributed by atoms with Crippen LogP contribution in [0.1, 0.15) is 18.1 Å². The quantitative estimate of drug-likeness (QED) is 0.727. The van der Waals surface area contributed by atoms with Crippen LogP contribution in [-0.2, 0) is 16.0 Å². The van der Waals surface area contributed by atoms with Gasteiger partial charge in [-0.05, 0) is 25.8 Å². The van der Waals surface area contributed by atoms with Crippen LogP contribution in [0.15, 0.2) is 24.3 Å². The van der Waals surface area contributed by atoms with E-state index in [0.29, 0.717) is 13.0 Å². The van der Waals surface area contributed by atoms with Gasteiger partial charge < -0.3 is 4.74 Å². The van der Waals surface area contributed by atoms with E-state index in [1.54, 1.807) is 6.92 Å². The maximum atomic E-state index is 11.4. The maximum Gasteiger partial charge on any atom is 0.323 e. The molecule has 1 aromatic rings. The van der Waals surface area contributed by atoms with Crippen molar-refractivity contribution in [3.05, 3.63) is 35.4 Å². The standard InChI is InChI=1S/C13H15NO2/c1-3-16-13(15)12(9-14)8-11-6-4-5-10(2)7-11/h4-7,12H,3,8H2,1-2H3. The number of aryl methyl sites for hydroxylation is 1. The van der Waals surface area contributed by atoms with E-state index < -0.39 is 11.9 Å². The number of rotatable bonds is 4. The summed E-state index contributed by atoms with van der Waals surface area (Å²) >= 11 is 0. The first-order valence-electron chi connectivity index (χ1n) is 5.29. The first-order valence-corrected chi connectivity index (χ1v) is 5.29. The lowest BCUT2D eigenvalue weighted by Crippen LogP contribution is -2.18. The molecule has 84 valence electrons. The Labute approximate surface area is 95.7 Å². The Morgan fingerprint density at radius 3 is 2.88 bits per heavy atom. The minimum atomic E-state index is -0.707. The first-order chi connectivity index (χ1) is 7.67. The third kappa shape index (κ3) is 3.39. The maximum absolute atomic E-state index is 11.4. The lowest BCUT2D eigenvalue weighted by molar-refractivity contribution is -0.145. The highest BCUT2D eigenvalue weighted by Gasteiger charge is 2.19. The van der Waals surface area contributed by atoms with Crippen molar-refractivity contribution >= 4 is 5.97 Å². The second kappa shape index (κ2) is 5.92. The molecule has 0 radical (unpaired) electrons. The fourth-order valence-corrected chi connectivity index (χ4v) is 1.50. The molecule has 3 heteroatoms. The van der Waals surface area contributed by atoms with Gasteiger partial charge in [-0.1, -0.05) is 29.8 Å². The van der Waals surface area contributed by atoms with E-state index >= 15 is 0 Å². The first kappa shape index (κ1) is 12.3. The summed E-state index contributed by atoms with van der Waals surface area (Å²) in [7, 11) is 0. The molecule has 0 bridgehead atoms. The van der Waals surface area contributed by atoms with Gasteiger partial charge in [0.2, 0.25) is 0 Å². The van der Waals surface area contributed by atoms with Crippen molar-refractivity contribution < 1.29 is 9.53 Å². The molecule has 0 N–H and O–H groups in total. The number of hydrogen-bond acceptors (Lipinski definition) is 3. The molecule has 0 saturated heterocycles. The van der Waals surface area contributed by atoms with Crippen molar-refractivity contribution in [2.75, 3.05) is 6.61 Å². The van der Waals surface area contributed by atoms with E-state index in [1.165, 1.54) is 0 Å². The molecule has 1 atom stereocenters. The van der Waals surface area contributed by atoms with Gasteiger partial charge in [-0.15, -0.1) is 0 Å². The number of esters is 1. The van der Waals surface area contributed by atoms with Gasteiger partial charge in [-0.25, -0.2) is 0 Å². The lowest BCUT2D eigenvalue weighted by Gasteiger charge is -2.08. The molecule has 0 aliphatic heterocycles. The zero-order chi connectivity index (χ0) is 12.0. The summed E-state index contributed by atoms with van der Waals surface area (Å²) in [5.74, 6) is -1.15. The van der Waals surface area contributed by atoms with Crippen molar-refractivity contribution in [1.29, 1.82) is 5.26 Å². The van der Waals surface area contributed by atoms with Crippen molar-refractivity contribution in [3.63, 3.8) is 0 Å². The molecule has 0 aliphatic rings. The van der Waals surface area contributed by atoms with Gasteiger partial charge in [0.15, 0.2) is 0 Å². The Morgan fingerprint density at radius 2 is 2.31 bits per heavy atom. The van der Waals surface area contributed by atoms with E-state index in [4.69, 9.17) is 10.00 Å². The van der Waals surface area contributed by atoms with Crippen molar-refractivity contribution in [1.82, 2.24) is 0 Å². The number of nitriles is 1. The van der Waals surface area contributed by atoms with E-state index in [1.807, 2.05) is 37.3 Å². The highest BCUT2D eigenvalue weighted by Crippen LogP contribution is 2.11. The van der Waals surface area contributed by atoms with Gasteiger partial charge in [-0.3, -0.25) is 4.79 Å². The summed E-state index contributed by atoms with van der Waals surface area (Å²) in [4.78, 5) is 11.4. The van der Waals surface area contributed by atoms with Crippen LogP contribution in [-0.4, -0.2) is 12.6 Å². The fraction of sp³-hybridized carbons (Fsp3) is 0.385. The summed E-state index contributed by atoms with van der Waals surface area (Å²) in [5.41, 5.74) is 2.11. The average molecular weight is 217 g/mol. The van der Waals surface area contributed by atoms with Gasteiger partial charge in [-0.2, -0.15) is 5.26 Å². The molecule has 0 heterocycles. The normalized spacial score (nSPS) is 11.6. The highest BCUT2D eigenvalue weighted by molar-refractivity contribution is 5.75. The van der Waals surface area contributed by atoms with Crippen molar-refractivity contribution in [2.24, 2.45) is 5.92 Å². The number of carbonyl (C=O) groups excluding carboxylic acids is 1. The fourth-order valence-electron chi connectivity index (χ4n) is 1.50. The molecule has 16 heavy (non-hydrogen) atoms. The number of carbonyl (C=O) groups is 1. The predicted octanol–water partition coefficient (Wildman–Crippen LogP) is 2.24. The smallest absolute Gasteiger partial charge is 0.323 e. The Kier molecular flexibility index (Phi) is 4.53. The zero-order valence-electron chi connectivity index (χ0n) is 9.56. The van der Waals surface area contributed by atoms with Crippen LogP contribution >= 0.6 is 0 Å². The molecule has 1 rings (SSSR count). The summed E-state index contributed by atoms with van der Waals surface area (Å²) in [6.45, 7) is 4.03. The van der Waals surface area contributed by atoms with Crippen LogP contribution < -0.4 is 0 Å². The molecular formula is C13H15NO2. The van der Waals surface area contributed by atoms with Gasteiger partial charge >= 0.3 is 5.97 Å². The van der Waals surface area contributed by atoms with Crippen molar-refractivity contribution in [3.8, 4) is 6.07 Å². The molecule has 1 unspecified atom stereocenters. The van der Waals surface area contributed by atoms with Crippen LogP contribution in [0.2, 0.25) is 0 Å². The largest absolute Gasteiger partial charge is 0.465 e. The topological polar surface area (TPSA) is 50.1 Å². The van der Waals surface area contributed by atoms with Crippen LogP contribution in [0.3, 0.4) is 0 Å². The molecule has 1 aromatic carbocycles. The minimum absolute atomic E-state index is 0.310. The van der Waals surface area contributed by atoms with Crippen LogP contribution in [0.4, 0.5) is 0 Å². The SMILES string of the molecule is CCOC(=O)C(C#N)Cc1cccc(C)c1. The van der Waals surface area contributed by atoms with E-state index in [0.717, 1.165) is 11.1 Å². The average Bonchev–Trinajstić information content (AvgIpc) is 2.26. The number of benzene rings is 1. The summed E-state index contributed by atoms with van der Waals surface area (Å²) in [5, 5.41) is 8.90. The van der Waals surface area contributed by atoms with E-state index in [9.17, 15) is 4.79 Å². The highest BCUT2D eigenvalue weighted by atomic mass is 16.5. The molecule has 0 saturated carbocycles. The van der Waals surface area contributed by atoms with E-state index in [-0.39, 0.29) is 0 Å². The third-order valence-electron chi connectivity index (χ3n) is 2.25. The minimum Gasteiger partial charge on any atom is -0.465 e. The molecular weight excluding hydrogens is 202 g/mol. The number of nitrogens with zero attached hydrogens (tertiary/aromatic N) is 1. The molecule has 0 fully saturated rings. The van der Waals surface area contributed by atoms with E-state index in [2.05, 4.69) is 0 Å². The number of hydrogen-bond donors (Lipinski definition) is 0. The molecule has 0 amide bonds. The van der Waals surface area contributed by atoms with Gasteiger partial charge in [0.1, 0.15) is 5.92 Å². The summed E-state index contributed by atoms with van der Waals surface area (Å²) in [6.07, 6.45) is 0.414. The Bertz CT molecular complexity index is 407. The predicted molar refractivity (Wildman–Crippen MR) is 60.6 cm³/mol. The second-order valence-electron chi connectivity index (χ2n) is 3.63. The molecule has 0 aliphatic carbocycles. The Balaban J connectivity index is 2.71. The molecule has 3 nitrogen and oxygen atoms in total. The monoisotopic (exact) mass is 217 g/mol. The molecule has 0 aromatic heterocycles. The van der Waals surface area contributed by atoms with Gasteiger partial charge in [0, 0.05) is 0 Å². The summed E-state index contributed by atoms with van der Waals surface area (Å²) in [6, 6.07) is 9.77. The Morgan fingerprint density at radius 1 is 1.56 bits per heavy atom. The van der Waals surface area contributed by atoms with Crippen LogP contribution in [0, 0.1) is 24.2 Å². The van der Waals surface area contributed by atoms with Gasteiger partial charge in [0.05, 0.1) is 12.7 Å². The van der Waals surface area contributed by atoms with Crippen LogP contribution in [0.5, 0.6) is 0 Å². The zero-order valence-corrected chi connectivity index (χ0v) is 9.56.